The number of rotatable bonds is 0. The second-order valence-electron chi connectivity index (χ2n) is 4.21. The molecule has 5 nitrogen and oxygen atoms in total. The molecular formula is C10H22O5Si. The second kappa shape index (κ2) is 8.16. The van der Waals surface area contributed by atoms with Gasteiger partial charge in [-0.05, 0) is 13.1 Å². The highest BCUT2D eigenvalue weighted by atomic mass is 28.4. The molecule has 0 amide bonds. The summed E-state index contributed by atoms with van der Waals surface area (Å²) in [5.74, 6) is 0. The van der Waals surface area contributed by atoms with Crippen molar-refractivity contribution in [2.24, 2.45) is 0 Å². The van der Waals surface area contributed by atoms with Gasteiger partial charge < -0.3 is 23.4 Å². The zero-order chi connectivity index (χ0) is 11.7. The van der Waals surface area contributed by atoms with Crippen LogP contribution < -0.4 is 0 Å². The minimum atomic E-state index is -1.74. The molecule has 1 aliphatic heterocycles. The van der Waals surface area contributed by atoms with Crippen LogP contribution in [0, 0.1) is 0 Å². The van der Waals surface area contributed by atoms with Crippen LogP contribution >= 0.6 is 0 Å². The highest BCUT2D eigenvalue weighted by molar-refractivity contribution is 6.71. The first-order valence-corrected chi connectivity index (χ1v) is 8.77. The van der Waals surface area contributed by atoms with Gasteiger partial charge in [-0.25, -0.2) is 0 Å². The smallest absolute Gasteiger partial charge is 0.215 e. The monoisotopic (exact) mass is 250 g/mol. The normalized spacial score (nSPS) is 25.9. The molecule has 0 radical (unpaired) electrons. The average Bonchev–Trinajstić information content (AvgIpc) is 2.24. The molecule has 1 aliphatic rings. The van der Waals surface area contributed by atoms with E-state index in [1.54, 1.807) is 0 Å². The molecule has 1 fully saturated rings. The lowest BCUT2D eigenvalue weighted by Gasteiger charge is -2.22. The maximum absolute atomic E-state index is 5.67. The van der Waals surface area contributed by atoms with Crippen molar-refractivity contribution in [3.8, 4) is 0 Å². The molecular weight excluding hydrogens is 228 g/mol. The second-order valence-corrected chi connectivity index (χ2v) is 8.30. The molecule has 16 heavy (non-hydrogen) atoms. The third-order valence-electron chi connectivity index (χ3n) is 2.10. The Morgan fingerprint density at radius 2 is 1.19 bits per heavy atom. The largest absolute Gasteiger partial charge is 0.393 e. The topological polar surface area (TPSA) is 46.2 Å². The van der Waals surface area contributed by atoms with Gasteiger partial charge in [-0.1, -0.05) is 0 Å². The summed E-state index contributed by atoms with van der Waals surface area (Å²) in [6.45, 7) is 8.15. The summed E-state index contributed by atoms with van der Waals surface area (Å²) in [5.41, 5.74) is 0. The molecule has 0 aliphatic carbocycles. The van der Waals surface area contributed by atoms with Gasteiger partial charge in [0.05, 0.1) is 45.9 Å². The van der Waals surface area contributed by atoms with E-state index in [0.29, 0.717) is 52.7 Å². The Labute approximate surface area is 98.1 Å². The van der Waals surface area contributed by atoms with Gasteiger partial charge in [-0.15, -0.1) is 0 Å². The molecule has 0 saturated carbocycles. The Balaban J connectivity index is 2.22. The SMILES string of the molecule is C[Si]1(C)COCCOCCOCCOCO1. The Morgan fingerprint density at radius 1 is 0.688 bits per heavy atom. The van der Waals surface area contributed by atoms with Crippen LogP contribution in [0.25, 0.3) is 0 Å². The molecule has 0 aromatic rings. The van der Waals surface area contributed by atoms with Crippen LogP contribution in [0.5, 0.6) is 0 Å². The molecule has 1 heterocycles. The van der Waals surface area contributed by atoms with E-state index in [-0.39, 0.29) is 0 Å². The maximum atomic E-state index is 5.67. The Kier molecular flexibility index (Phi) is 7.18. The van der Waals surface area contributed by atoms with Crippen molar-refractivity contribution >= 4 is 8.32 Å². The van der Waals surface area contributed by atoms with Crippen LogP contribution in [0.2, 0.25) is 13.1 Å². The molecule has 1 rings (SSSR count). The summed E-state index contributed by atoms with van der Waals surface area (Å²) in [4.78, 5) is 0. The van der Waals surface area contributed by atoms with Gasteiger partial charge >= 0.3 is 0 Å². The predicted octanol–water partition coefficient (Wildman–Crippen LogP) is 0.785. The lowest BCUT2D eigenvalue weighted by atomic mass is 10.7. The first-order valence-electron chi connectivity index (χ1n) is 5.66. The van der Waals surface area contributed by atoms with Crippen molar-refractivity contribution in [1.29, 1.82) is 0 Å². The Bertz CT molecular complexity index is 161. The molecule has 0 spiro atoms. The summed E-state index contributed by atoms with van der Waals surface area (Å²) in [6.07, 6.45) is 0.677. The van der Waals surface area contributed by atoms with Gasteiger partial charge in [-0.3, -0.25) is 0 Å². The van der Waals surface area contributed by atoms with Crippen molar-refractivity contribution in [1.82, 2.24) is 0 Å². The zero-order valence-corrected chi connectivity index (χ0v) is 11.2. The molecule has 1 saturated heterocycles. The number of ether oxygens (including phenoxy) is 4. The molecule has 96 valence electrons. The van der Waals surface area contributed by atoms with Gasteiger partial charge in [0.2, 0.25) is 8.32 Å². The van der Waals surface area contributed by atoms with Crippen molar-refractivity contribution < 1.29 is 23.4 Å². The first-order chi connectivity index (χ1) is 7.71. The summed E-state index contributed by atoms with van der Waals surface area (Å²) in [5, 5.41) is 0. The fourth-order valence-corrected chi connectivity index (χ4v) is 2.30. The quantitative estimate of drug-likeness (QED) is 0.595. The van der Waals surface area contributed by atoms with Crippen molar-refractivity contribution in [3.63, 3.8) is 0 Å². The zero-order valence-electron chi connectivity index (χ0n) is 10.2. The fraction of sp³-hybridized carbons (Fsp3) is 1.00. The average molecular weight is 250 g/mol. The highest BCUT2D eigenvalue weighted by Crippen LogP contribution is 2.05. The minimum absolute atomic E-state index is 0.336. The first kappa shape index (κ1) is 14.1. The van der Waals surface area contributed by atoms with Crippen LogP contribution in [0.4, 0.5) is 0 Å². The summed E-state index contributed by atoms with van der Waals surface area (Å²) in [7, 11) is -1.74. The lowest BCUT2D eigenvalue weighted by Crippen LogP contribution is -2.38. The van der Waals surface area contributed by atoms with Crippen LogP contribution in [-0.4, -0.2) is 61.0 Å². The molecule has 0 atom stereocenters. The van der Waals surface area contributed by atoms with E-state index in [2.05, 4.69) is 13.1 Å². The summed E-state index contributed by atoms with van der Waals surface area (Å²) in [6, 6.07) is 0. The van der Waals surface area contributed by atoms with E-state index in [9.17, 15) is 0 Å². The Morgan fingerprint density at radius 3 is 1.81 bits per heavy atom. The molecule has 6 heteroatoms. The van der Waals surface area contributed by atoms with Crippen LogP contribution in [0.15, 0.2) is 0 Å². The predicted molar refractivity (Wildman–Crippen MR) is 61.8 cm³/mol. The minimum Gasteiger partial charge on any atom is -0.393 e. The molecule has 0 aromatic heterocycles. The van der Waals surface area contributed by atoms with Gasteiger partial charge in [0, 0.05) is 0 Å². The van der Waals surface area contributed by atoms with Crippen LogP contribution in [-0.2, 0) is 23.4 Å². The van der Waals surface area contributed by atoms with Crippen molar-refractivity contribution in [3.05, 3.63) is 0 Å². The summed E-state index contributed by atoms with van der Waals surface area (Å²) < 4.78 is 27.1. The third kappa shape index (κ3) is 7.32. The van der Waals surface area contributed by atoms with E-state index in [4.69, 9.17) is 23.4 Å². The standard InChI is InChI=1S/C10H22O5Si/c1-16(2)10-14-8-6-12-4-3-11-5-7-13-9-15-16/h3-10H2,1-2H3. The van der Waals surface area contributed by atoms with E-state index >= 15 is 0 Å². The van der Waals surface area contributed by atoms with Crippen molar-refractivity contribution in [2.45, 2.75) is 13.1 Å². The van der Waals surface area contributed by atoms with E-state index < -0.39 is 8.32 Å². The van der Waals surface area contributed by atoms with Gasteiger partial charge in [0.25, 0.3) is 0 Å². The Hall–Kier alpha value is 0.0169. The van der Waals surface area contributed by atoms with E-state index in [1.807, 2.05) is 0 Å². The fourth-order valence-electron chi connectivity index (χ4n) is 1.18. The number of hydrogen-bond acceptors (Lipinski definition) is 5. The highest BCUT2D eigenvalue weighted by Gasteiger charge is 2.22. The maximum Gasteiger partial charge on any atom is 0.215 e. The van der Waals surface area contributed by atoms with Gasteiger partial charge in [0.15, 0.2) is 0 Å². The van der Waals surface area contributed by atoms with Gasteiger partial charge in [-0.2, -0.15) is 0 Å². The van der Waals surface area contributed by atoms with Gasteiger partial charge in [0.1, 0.15) is 6.79 Å². The lowest BCUT2D eigenvalue weighted by molar-refractivity contribution is -0.0411. The molecule has 0 aromatic carbocycles. The van der Waals surface area contributed by atoms with Crippen LogP contribution in [0.3, 0.4) is 0 Å². The van der Waals surface area contributed by atoms with E-state index in [0.717, 1.165) is 0 Å². The third-order valence-corrected chi connectivity index (χ3v) is 3.90. The molecule has 0 N–H and O–H groups in total. The summed E-state index contributed by atoms with van der Waals surface area (Å²) >= 11 is 0. The van der Waals surface area contributed by atoms with E-state index in [1.165, 1.54) is 0 Å². The van der Waals surface area contributed by atoms with Crippen molar-refractivity contribution in [2.75, 3.05) is 52.7 Å². The number of hydrogen-bond donors (Lipinski definition) is 0. The molecule has 0 bridgehead atoms. The van der Waals surface area contributed by atoms with Crippen LogP contribution in [0.1, 0.15) is 0 Å². The molecule has 0 unspecified atom stereocenters.